The van der Waals surface area contributed by atoms with E-state index in [2.05, 4.69) is 13.8 Å². The third-order valence-electron chi connectivity index (χ3n) is 5.96. The van der Waals surface area contributed by atoms with Gasteiger partial charge in [-0.15, -0.1) is 0 Å². The molecule has 0 radical (unpaired) electrons. The summed E-state index contributed by atoms with van der Waals surface area (Å²) in [6.07, 6.45) is 12.0. The number of unbranched alkanes of at least 4 members (excludes halogenated alkanes) is 4. The average molecular weight is 411 g/mol. The highest BCUT2D eigenvalue weighted by Crippen LogP contribution is 2.35. The maximum absolute atomic E-state index is 12.7. The van der Waals surface area contributed by atoms with E-state index < -0.39 is 0 Å². The summed E-state index contributed by atoms with van der Waals surface area (Å²) in [6.45, 7) is 4.76. The van der Waals surface area contributed by atoms with Gasteiger partial charge >= 0.3 is 5.97 Å². The highest BCUT2D eigenvalue weighted by molar-refractivity contribution is 5.77. The molecule has 162 valence electrons. The third kappa shape index (κ3) is 6.77. The lowest BCUT2D eigenvalue weighted by atomic mass is 9.80. The number of nitrogens with zero attached hydrogens (tertiary/aromatic N) is 2. The lowest BCUT2D eigenvalue weighted by Crippen LogP contribution is -2.26. The van der Waals surface area contributed by atoms with Crippen molar-refractivity contribution in [3.8, 4) is 23.6 Å². The van der Waals surface area contributed by atoms with Crippen LogP contribution in [0.25, 0.3) is 0 Å². The number of hydrogen-bond donors (Lipinski definition) is 0. The highest BCUT2D eigenvalue weighted by Gasteiger charge is 2.28. The summed E-state index contributed by atoms with van der Waals surface area (Å²) in [4.78, 5) is 12.7. The van der Waals surface area contributed by atoms with Crippen LogP contribution in [0.2, 0.25) is 0 Å². The van der Waals surface area contributed by atoms with E-state index in [-0.39, 0.29) is 28.8 Å². The molecular formula is C25H34N2O3. The average Bonchev–Trinajstić information content (AvgIpc) is 2.77. The van der Waals surface area contributed by atoms with Crippen LogP contribution in [0, 0.1) is 34.5 Å². The molecule has 0 aliphatic heterocycles. The summed E-state index contributed by atoms with van der Waals surface area (Å²) in [5, 5.41) is 19.1. The number of benzene rings is 1. The largest absolute Gasteiger partial charge is 0.492 e. The molecule has 5 heteroatoms. The molecule has 0 atom stereocenters. The molecule has 2 rings (SSSR count). The fourth-order valence-corrected chi connectivity index (χ4v) is 4.06. The Morgan fingerprint density at radius 1 is 0.933 bits per heavy atom. The zero-order chi connectivity index (χ0) is 21.8. The quantitative estimate of drug-likeness (QED) is 0.243. The fraction of sp³-hybridized carbons (Fsp3) is 0.640. The van der Waals surface area contributed by atoms with Crippen LogP contribution in [-0.2, 0) is 4.79 Å². The molecule has 0 N–H and O–H groups in total. The van der Waals surface area contributed by atoms with Crippen molar-refractivity contribution in [1.29, 1.82) is 10.5 Å². The van der Waals surface area contributed by atoms with Crippen molar-refractivity contribution >= 4 is 5.97 Å². The molecule has 1 aromatic carbocycles. The standard InChI is InChI=1S/C25H34N2O3/c1-3-5-7-8-9-19-10-12-20(13-11-19)25(28)30-24-15-14-23(29-16-6-4-2)21(17-26)22(24)18-27/h14-15,19-20H,3-13,16H2,1-2H3. The maximum Gasteiger partial charge on any atom is 0.314 e. The van der Waals surface area contributed by atoms with Crippen molar-refractivity contribution < 1.29 is 14.3 Å². The second kappa shape index (κ2) is 12.9. The van der Waals surface area contributed by atoms with Gasteiger partial charge in [-0.05, 0) is 50.2 Å². The SMILES string of the molecule is CCCCCCC1CCC(C(=O)Oc2ccc(OCCCC)c(C#N)c2C#N)CC1. The van der Waals surface area contributed by atoms with E-state index in [1.165, 1.54) is 32.1 Å². The molecule has 0 bridgehead atoms. The normalized spacial score (nSPS) is 18.3. The summed E-state index contributed by atoms with van der Waals surface area (Å²) in [7, 11) is 0. The first-order valence-electron chi connectivity index (χ1n) is 11.5. The van der Waals surface area contributed by atoms with E-state index in [1.807, 2.05) is 12.1 Å². The number of nitriles is 2. The van der Waals surface area contributed by atoms with Crippen LogP contribution in [0.15, 0.2) is 12.1 Å². The minimum atomic E-state index is -0.292. The predicted octanol–water partition coefficient (Wildman–Crippen LogP) is 6.29. The molecule has 1 aromatic rings. The molecule has 0 unspecified atom stereocenters. The highest BCUT2D eigenvalue weighted by atomic mass is 16.5. The second-order valence-electron chi connectivity index (χ2n) is 8.23. The Kier molecular flexibility index (Phi) is 10.2. The first kappa shape index (κ1) is 23.7. The monoisotopic (exact) mass is 410 g/mol. The van der Waals surface area contributed by atoms with E-state index in [4.69, 9.17) is 9.47 Å². The summed E-state index contributed by atoms with van der Waals surface area (Å²) in [5.74, 6) is 0.814. The molecular weight excluding hydrogens is 376 g/mol. The van der Waals surface area contributed by atoms with Crippen molar-refractivity contribution in [3.05, 3.63) is 23.3 Å². The minimum Gasteiger partial charge on any atom is -0.492 e. The van der Waals surface area contributed by atoms with Gasteiger partial charge in [-0.1, -0.05) is 52.4 Å². The van der Waals surface area contributed by atoms with Crippen LogP contribution in [-0.4, -0.2) is 12.6 Å². The Bertz CT molecular complexity index is 768. The van der Waals surface area contributed by atoms with Crippen LogP contribution in [0.3, 0.4) is 0 Å². The number of carbonyl (C=O) groups excluding carboxylic acids is 1. The van der Waals surface area contributed by atoms with Crippen LogP contribution >= 0.6 is 0 Å². The van der Waals surface area contributed by atoms with Crippen LogP contribution < -0.4 is 9.47 Å². The molecule has 0 amide bonds. The minimum absolute atomic E-state index is 0.0736. The Labute approximate surface area is 181 Å². The van der Waals surface area contributed by atoms with Gasteiger partial charge in [-0.3, -0.25) is 4.79 Å². The van der Waals surface area contributed by atoms with E-state index in [1.54, 1.807) is 12.1 Å². The van der Waals surface area contributed by atoms with Gasteiger partial charge in [-0.25, -0.2) is 0 Å². The zero-order valence-corrected chi connectivity index (χ0v) is 18.4. The van der Waals surface area contributed by atoms with E-state index in [0.717, 1.165) is 38.5 Å². The first-order chi connectivity index (χ1) is 14.6. The van der Waals surface area contributed by atoms with Crippen molar-refractivity contribution in [3.63, 3.8) is 0 Å². The van der Waals surface area contributed by atoms with Gasteiger partial charge in [0.2, 0.25) is 0 Å². The molecule has 30 heavy (non-hydrogen) atoms. The van der Waals surface area contributed by atoms with Crippen molar-refractivity contribution in [1.82, 2.24) is 0 Å². The lowest BCUT2D eigenvalue weighted by Gasteiger charge is -2.27. The summed E-state index contributed by atoms with van der Waals surface area (Å²) in [5.41, 5.74) is 0.208. The molecule has 0 heterocycles. The van der Waals surface area contributed by atoms with Gasteiger partial charge in [0.25, 0.3) is 0 Å². The Morgan fingerprint density at radius 3 is 2.20 bits per heavy atom. The third-order valence-corrected chi connectivity index (χ3v) is 5.96. The van der Waals surface area contributed by atoms with Gasteiger partial charge < -0.3 is 9.47 Å². The molecule has 0 aromatic heterocycles. The van der Waals surface area contributed by atoms with Crippen molar-refractivity contribution in [2.24, 2.45) is 11.8 Å². The molecule has 0 saturated heterocycles. The van der Waals surface area contributed by atoms with Gasteiger partial charge in [0.05, 0.1) is 12.5 Å². The molecule has 1 fully saturated rings. The van der Waals surface area contributed by atoms with Crippen molar-refractivity contribution in [2.45, 2.75) is 84.5 Å². The molecule has 1 aliphatic rings. The molecule has 0 spiro atoms. The smallest absolute Gasteiger partial charge is 0.314 e. The molecule has 5 nitrogen and oxygen atoms in total. The van der Waals surface area contributed by atoms with Crippen LogP contribution in [0.5, 0.6) is 11.5 Å². The molecule has 1 aliphatic carbocycles. The van der Waals surface area contributed by atoms with Crippen molar-refractivity contribution in [2.75, 3.05) is 6.61 Å². The Morgan fingerprint density at radius 2 is 1.57 bits per heavy atom. The van der Waals surface area contributed by atoms with Gasteiger partial charge in [-0.2, -0.15) is 10.5 Å². The van der Waals surface area contributed by atoms with Crippen LogP contribution in [0.4, 0.5) is 0 Å². The summed E-state index contributed by atoms with van der Waals surface area (Å²) < 4.78 is 11.2. The maximum atomic E-state index is 12.7. The number of ether oxygens (including phenoxy) is 2. The lowest BCUT2D eigenvalue weighted by molar-refractivity contribution is -0.140. The number of esters is 1. The Balaban J connectivity index is 1.95. The van der Waals surface area contributed by atoms with Gasteiger partial charge in [0.1, 0.15) is 34.8 Å². The number of carbonyl (C=O) groups is 1. The van der Waals surface area contributed by atoms with E-state index in [9.17, 15) is 15.3 Å². The van der Waals surface area contributed by atoms with Gasteiger partial charge in [0.15, 0.2) is 0 Å². The predicted molar refractivity (Wildman–Crippen MR) is 116 cm³/mol. The number of hydrogen-bond acceptors (Lipinski definition) is 5. The topological polar surface area (TPSA) is 83.1 Å². The second-order valence-corrected chi connectivity index (χ2v) is 8.23. The zero-order valence-electron chi connectivity index (χ0n) is 18.4. The summed E-state index contributed by atoms with van der Waals surface area (Å²) >= 11 is 0. The summed E-state index contributed by atoms with van der Waals surface area (Å²) in [6, 6.07) is 7.23. The fourth-order valence-electron chi connectivity index (χ4n) is 4.06. The van der Waals surface area contributed by atoms with E-state index >= 15 is 0 Å². The first-order valence-corrected chi connectivity index (χ1v) is 11.5. The van der Waals surface area contributed by atoms with Crippen LogP contribution in [0.1, 0.15) is 95.6 Å². The number of rotatable bonds is 11. The molecule has 1 saturated carbocycles. The van der Waals surface area contributed by atoms with Gasteiger partial charge in [0, 0.05) is 0 Å². The van der Waals surface area contributed by atoms with E-state index in [0.29, 0.717) is 18.3 Å². The Hall–Kier alpha value is -2.53.